The number of ether oxygens (including phenoxy) is 1. The zero-order valence-electron chi connectivity index (χ0n) is 17.3. The van der Waals surface area contributed by atoms with Crippen molar-refractivity contribution < 1.29 is 13.9 Å². The number of halogens is 1. The third kappa shape index (κ3) is 13.4. The summed E-state index contributed by atoms with van der Waals surface area (Å²) < 4.78 is 18.2. The second kappa shape index (κ2) is 16.8. The molecule has 2 nitrogen and oxygen atoms in total. The van der Waals surface area contributed by atoms with Gasteiger partial charge in [-0.1, -0.05) is 103 Å². The molecule has 27 heavy (non-hydrogen) atoms. The van der Waals surface area contributed by atoms with E-state index < -0.39 is 11.8 Å². The molecule has 154 valence electrons. The van der Waals surface area contributed by atoms with Crippen molar-refractivity contribution in [1.29, 1.82) is 0 Å². The van der Waals surface area contributed by atoms with Gasteiger partial charge in [-0.05, 0) is 24.6 Å². The second-order valence-corrected chi connectivity index (χ2v) is 7.60. The largest absolute Gasteiger partial charge is 0.462 e. The van der Waals surface area contributed by atoms with Crippen molar-refractivity contribution in [2.75, 3.05) is 6.61 Å². The van der Waals surface area contributed by atoms with E-state index in [0.717, 1.165) is 12.8 Å². The summed E-state index contributed by atoms with van der Waals surface area (Å²) in [6.07, 6.45) is 19.7. The van der Waals surface area contributed by atoms with Crippen LogP contribution in [0.3, 0.4) is 0 Å². The zero-order chi connectivity index (χ0) is 19.6. The quantitative estimate of drug-likeness (QED) is 0.204. The van der Waals surface area contributed by atoms with E-state index >= 15 is 0 Å². The maximum atomic E-state index is 13.1. The van der Waals surface area contributed by atoms with Gasteiger partial charge < -0.3 is 4.74 Å². The van der Waals surface area contributed by atoms with Gasteiger partial charge in [0.25, 0.3) is 0 Å². The second-order valence-electron chi connectivity index (χ2n) is 7.60. The fourth-order valence-corrected chi connectivity index (χ4v) is 3.34. The van der Waals surface area contributed by atoms with E-state index in [1.54, 1.807) is 6.07 Å². The lowest BCUT2D eigenvalue weighted by Gasteiger charge is -2.05. The van der Waals surface area contributed by atoms with Gasteiger partial charge in [0.1, 0.15) is 5.82 Å². The van der Waals surface area contributed by atoms with Gasteiger partial charge in [-0.2, -0.15) is 0 Å². The highest BCUT2D eigenvalue weighted by Crippen LogP contribution is 2.13. The van der Waals surface area contributed by atoms with Gasteiger partial charge in [0, 0.05) is 0 Å². The number of hydrogen-bond acceptors (Lipinski definition) is 2. The Morgan fingerprint density at radius 3 is 1.74 bits per heavy atom. The molecule has 0 aliphatic heterocycles. The number of carbonyl (C=O) groups is 1. The Hall–Kier alpha value is -1.38. The molecule has 0 fully saturated rings. The molecular weight excluding hydrogens is 339 g/mol. The smallest absolute Gasteiger partial charge is 0.338 e. The lowest BCUT2D eigenvalue weighted by atomic mass is 10.0. The van der Waals surface area contributed by atoms with Crippen molar-refractivity contribution >= 4 is 5.97 Å². The highest BCUT2D eigenvalue weighted by atomic mass is 19.1. The average Bonchev–Trinajstić information content (AvgIpc) is 2.67. The average molecular weight is 379 g/mol. The van der Waals surface area contributed by atoms with Crippen LogP contribution in [0.15, 0.2) is 24.3 Å². The van der Waals surface area contributed by atoms with Gasteiger partial charge >= 0.3 is 5.97 Å². The molecule has 3 heteroatoms. The van der Waals surface area contributed by atoms with Gasteiger partial charge in [0.05, 0.1) is 12.2 Å². The lowest BCUT2D eigenvalue weighted by molar-refractivity contribution is 0.0497. The minimum absolute atomic E-state index is 0.288. The van der Waals surface area contributed by atoms with Crippen molar-refractivity contribution in [3.05, 3.63) is 35.6 Å². The Morgan fingerprint density at radius 1 is 0.778 bits per heavy atom. The Labute approximate surface area is 165 Å². The monoisotopic (exact) mass is 378 g/mol. The maximum absolute atomic E-state index is 13.1. The van der Waals surface area contributed by atoms with Crippen LogP contribution in [0.25, 0.3) is 0 Å². The van der Waals surface area contributed by atoms with E-state index in [9.17, 15) is 9.18 Å². The number of benzene rings is 1. The van der Waals surface area contributed by atoms with E-state index in [1.807, 2.05) is 0 Å². The summed E-state index contributed by atoms with van der Waals surface area (Å²) in [6, 6.07) is 5.65. The van der Waals surface area contributed by atoms with Crippen LogP contribution in [0.4, 0.5) is 4.39 Å². The Bertz CT molecular complexity index is 487. The third-order valence-corrected chi connectivity index (χ3v) is 5.04. The summed E-state index contributed by atoms with van der Waals surface area (Å²) in [5.41, 5.74) is 0.288. The van der Waals surface area contributed by atoms with Gasteiger partial charge in [0.2, 0.25) is 0 Å². The molecule has 0 aliphatic carbocycles. The standard InChI is InChI=1S/C24H39FO2/c1-2-3-4-5-6-7-8-9-10-11-12-13-14-15-16-20-27-24(26)22-18-17-19-23(25)21-22/h17-19,21H,2-16,20H2,1H3. The third-order valence-electron chi connectivity index (χ3n) is 5.04. The van der Waals surface area contributed by atoms with Crippen molar-refractivity contribution in [2.45, 2.75) is 103 Å². The summed E-state index contributed by atoms with van der Waals surface area (Å²) in [5, 5.41) is 0. The number of carbonyl (C=O) groups excluding carboxylic acids is 1. The first kappa shape index (κ1) is 23.7. The van der Waals surface area contributed by atoms with Crippen molar-refractivity contribution in [1.82, 2.24) is 0 Å². The Kier molecular flexibility index (Phi) is 14.7. The Morgan fingerprint density at radius 2 is 1.26 bits per heavy atom. The predicted molar refractivity (Wildman–Crippen MR) is 112 cm³/mol. The number of unbranched alkanes of at least 4 members (excludes halogenated alkanes) is 14. The lowest BCUT2D eigenvalue weighted by Crippen LogP contribution is -2.06. The molecule has 0 N–H and O–H groups in total. The SMILES string of the molecule is CCCCCCCCCCCCCCCCCOC(=O)c1cccc(F)c1. The normalized spacial score (nSPS) is 10.9. The van der Waals surface area contributed by atoms with Crippen molar-refractivity contribution in [3.8, 4) is 0 Å². The van der Waals surface area contributed by atoms with Crippen molar-refractivity contribution in [3.63, 3.8) is 0 Å². The van der Waals surface area contributed by atoms with Crippen LogP contribution in [-0.2, 0) is 4.74 Å². The fourth-order valence-electron chi connectivity index (χ4n) is 3.34. The molecular formula is C24H39FO2. The fraction of sp³-hybridized carbons (Fsp3) is 0.708. The topological polar surface area (TPSA) is 26.3 Å². The molecule has 0 saturated carbocycles. The highest BCUT2D eigenvalue weighted by molar-refractivity contribution is 5.89. The minimum Gasteiger partial charge on any atom is -0.462 e. The molecule has 0 saturated heterocycles. The summed E-state index contributed by atoms with van der Waals surface area (Å²) in [4.78, 5) is 11.8. The minimum atomic E-state index is -0.431. The van der Waals surface area contributed by atoms with Crippen LogP contribution in [0.2, 0.25) is 0 Å². The van der Waals surface area contributed by atoms with E-state index in [1.165, 1.54) is 102 Å². The van der Waals surface area contributed by atoms with E-state index in [0.29, 0.717) is 6.61 Å². The van der Waals surface area contributed by atoms with Crippen LogP contribution in [0.5, 0.6) is 0 Å². The molecule has 0 radical (unpaired) electrons. The van der Waals surface area contributed by atoms with E-state index in [4.69, 9.17) is 4.74 Å². The van der Waals surface area contributed by atoms with Gasteiger partial charge in [0.15, 0.2) is 0 Å². The molecule has 0 spiro atoms. The van der Waals surface area contributed by atoms with Crippen LogP contribution >= 0.6 is 0 Å². The molecule has 0 heterocycles. The Balaban J connectivity index is 1.81. The van der Waals surface area contributed by atoms with Crippen LogP contribution < -0.4 is 0 Å². The molecule has 0 aromatic heterocycles. The van der Waals surface area contributed by atoms with E-state index in [-0.39, 0.29) is 5.56 Å². The van der Waals surface area contributed by atoms with Gasteiger partial charge in [-0.25, -0.2) is 9.18 Å². The summed E-state index contributed by atoms with van der Waals surface area (Å²) in [6.45, 7) is 2.69. The van der Waals surface area contributed by atoms with Crippen LogP contribution in [-0.4, -0.2) is 12.6 Å². The first-order chi connectivity index (χ1) is 13.2. The summed E-state index contributed by atoms with van der Waals surface area (Å²) in [5.74, 6) is -0.837. The van der Waals surface area contributed by atoms with Gasteiger partial charge in [-0.3, -0.25) is 0 Å². The first-order valence-corrected chi connectivity index (χ1v) is 11.2. The molecule has 0 unspecified atom stereocenters. The molecule has 1 rings (SSSR count). The summed E-state index contributed by atoms with van der Waals surface area (Å²) in [7, 11) is 0. The number of esters is 1. The number of rotatable bonds is 17. The maximum Gasteiger partial charge on any atom is 0.338 e. The molecule has 0 atom stereocenters. The van der Waals surface area contributed by atoms with Crippen molar-refractivity contribution in [2.24, 2.45) is 0 Å². The van der Waals surface area contributed by atoms with Crippen LogP contribution in [0.1, 0.15) is 114 Å². The number of hydrogen-bond donors (Lipinski definition) is 0. The molecule has 0 amide bonds. The highest BCUT2D eigenvalue weighted by Gasteiger charge is 2.07. The molecule has 1 aromatic rings. The summed E-state index contributed by atoms with van der Waals surface area (Å²) >= 11 is 0. The van der Waals surface area contributed by atoms with Crippen LogP contribution in [0, 0.1) is 5.82 Å². The molecule has 0 aliphatic rings. The van der Waals surface area contributed by atoms with E-state index in [2.05, 4.69) is 6.92 Å². The van der Waals surface area contributed by atoms with Gasteiger partial charge in [-0.15, -0.1) is 0 Å². The molecule has 0 bridgehead atoms. The first-order valence-electron chi connectivity index (χ1n) is 11.2. The zero-order valence-corrected chi connectivity index (χ0v) is 17.3. The molecule has 1 aromatic carbocycles. The predicted octanol–water partition coefficient (Wildman–Crippen LogP) is 7.85.